The number of hydrogen-bond donors (Lipinski definition) is 0. The Morgan fingerprint density at radius 3 is 2.73 bits per heavy atom. The Labute approximate surface area is 134 Å². The number of hydrogen-bond acceptors (Lipinski definition) is 5. The summed E-state index contributed by atoms with van der Waals surface area (Å²) in [6, 6.07) is 8.07. The first-order chi connectivity index (χ1) is 10.6. The fraction of sp³-hybridized carbons (Fsp3) is 0.500. The molecule has 0 spiro atoms. The summed E-state index contributed by atoms with van der Waals surface area (Å²) in [5, 5.41) is 0.138. The summed E-state index contributed by atoms with van der Waals surface area (Å²) in [5.41, 5.74) is 2.04. The molecule has 3 rings (SSSR count). The van der Waals surface area contributed by atoms with Crippen molar-refractivity contribution in [3.05, 3.63) is 24.3 Å². The highest BCUT2D eigenvalue weighted by molar-refractivity contribution is 8.14. The van der Waals surface area contributed by atoms with Gasteiger partial charge in [-0.25, -0.2) is 0 Å². The van der Waals surface area contributed by atoms with Crippen LogP contribution in [0.3, 0.4) is 0 Å². The van der Waals surface area contributed by atoms with Crippen LogP contribution < -0.4 is 9.80 Å². The highest BCUT2D eigenvalue weighted by Crippen LogP contribution is 2.30. The van der Waals surface area contributed by atoms with Crippen LogP contribution in [0.25, 0.3) is 0 Å². The van der Waals surface area contributed by atoms with E-state index in [2.05, 4.69) is 17.0 Å². The van der Waals surface area contributed by atoms with E-state index >= 15 is 0 Å². The fourth-order valence-electron chi connectivity index (χ4n) is 2.92. The standard InChI is InChI=1S/C16H20N2O3S/c1-12(19)22-15-10-16(20)18(11-15)14-4-2-3-13(9-14)17-5-7-21-8-6-17/h2-4,9,15H,5-8,10-11H2,1H3. The second-order valence-electron chi connectivity index (χ2n) is 5.56. The van der Waals surface area contributed by atoms with Crippen LogP contribution in [0.2, 0.25) is 0 Å². The predicted molar refractivity (Wildman–Crippen MR) is 88.5 cm³/mol. The van der Waals surface area contributed by atoms with E-state index < -0.39 is 0 Å². The van der Waals surface area contributed by atoms with Gasteiger partial charge in [0.1, 0.15) is 0 Å². The lowest BCUT2D eigenvalue weighted by Gasteiger charge is -2.29. The van der Waals surface area contributed by atoms with Gasteiger partial charge in [-0.2, -0.15) is 0 Å². The van der Waals surface area contributed by atoms with Crippen molar-refractivity contribution in [3.8, 4) is 0 Å². The quantitative estimate of drug-likeness (QED) is 0.851. The summed E-state index contributed by atoms with van der Waals surface area (Å²) in [6.07, 6.45) is 0.437. The fourth-order valence-corrected chi connectivity index (χ4v) is 3.84. The molecule has 0 radical (unpaired) electrons. The summed E-state index contributed by atoms with van der Waals surface area (Å²) >= 11 is 1.27. The number of thioether (sulfide) groups is 1. The Hall–Kier alpha value is -1.53. The van der Waals surface area contributed by atoms with Crippen LogP contribution in [0.1, 0.15) is 13.3 Å². The Kier molecular flexibility index (Phi) is 4.69. The van der Waals surface area contributed by atoms with Gasteiger partial charge >= 0.3 is 0 Å². The van der Waals surface area contributed by atoms with Crippen molar-refractivity contribution in [2.75, 3.05) is 42.6 Å². The van der Waals surface area contributed by atoms with Crippen molar-refractivity contribution in [1.29, 1.82) is 0 Å². The van der Waals surface area contributed by atoms with E-state index in [0.29, 0.717) is 13.0 Å². The SMILES string of the molecule is CC(=O)SC1CC(=O)N(c2cccc(N3CCOCC3)c2)C1. The Balaban J connectivity index is 1.74. The third-order valence-electron chi connectivity index (χ3n) is 3.94. The third kappa shape index (κ3) is 3.44. The molecule has 0 aromatic heterocycles. The maximum absolute atomic E-state index is 12.2. The zero-order valence-corrected chi connectivity index (χ0v) is 13.5. The van der Waals surface area contributed by atoms with Gasteiger partial charge in [0.2, 0.25) is 5.91 Å². The van der Waals surface area contributed by atoms with Gasteiger partial charge in [0, 0.05) is 49.6 Å². The van der Waals surface area contributed by atoms with Crippen molar-refractivity contribution < 1.29 is 14.3 Å². The molecule has 0 bridgehead atoms. The van der Waals surface area contributed by atoms with E-state index in [1.807, 2.05) is 12.1 Å². The topological polar surface area (TPSA) is 49.9 Å². The molecule has 1 amide bonds. The van der Waals surface area contributed by atoms with Crippen LogP contribution in [0.5, 0.6) is 0 Å². The second kappa shape index (κ2) is 6.71. The molecule has 1 aromatic rings. The second-order valence-corrected chi connectivity index (χ2v) is 7.04. The molecule has 2 fully saturated rings. The Bertz CT molecular complexity index is 572. The normalized spacial score (nSPS) is 22.2. The molecule has 1 unspecified atom stereocenters. The Morgan fingerprint density at radius 2 is 2.00 bits per heavy atom. The average Bonchev–Trinajstić information content (AvgIpc) is 2.88. The number of carbonyl (C=O) groups excluding carboxylic acids is 2. The molecule has 118 valence electrons. The van der Waals surface area contributed by atoms with Crippen molar-refractivity contribution in [2.45, 2.75) is 18.6 Å². The minimum atomic E-state index is 0.0667. The summed E-state index contributed by atoms with van der Waals surface area (Å²) in [4.78, 5) is 27.5. The molecule has 2 aliphatic rings. The summed E-state index contributed by atoms with van der Waals surface area (Å²) in [6.45, 7) is 5.39. The van der Waals surface area contributed by atoms with E-state index in [0.717, 1.165) is 37.7 Å². The van der Waals surface area contributed by atoms with E-state index in [1.165, 1.54) is 11.8 Å². The molecular formula is C16H20N2O3S. The number of carbonyl (C=O) groups is 2. The molecule has 6 heteroatoms. The number of ether oxygens (including phenoxy) is 1. The maximum atomic E-state index is 12.2. The number of morpholine rings is 1. The molecule has 1 aromatic carbocycles. The van der Waals surface area contributed by atoms with Gasteiger partial charge in [-0.1, -0.05) is 17.8 Å². The van der Waals surface area contributed by atoms with Gasteiger partial charge in [-0.05, 0) is 18.2 Å². The third-order valence-corrected chi connectivity index (χ3v) is 4.92. The van der Waals surface area contributed by atoms with Crippen molar-refractivity contribution in [1.82, 2.24) is 0 Å². The zero-order chi connectivity index (χ0) is 15.5. The molecule has 2 heterocycles. The van der Waals surface area contributed by atoms with Gasteiger partial charge in [0.15, 0.2) is 5.12 Å². The van der Waals surface area contributed by atoms with E-state index in [9.17, 15) is 9.59 Å². The van der Waals surface area contributed by atoms with Crippen LogP contribution >= 0.6 is 11.8 Å². The molecule has 1 atom stereocenters. The number of rotatable bonds is 3. The van der Waals surface area contributed by atoms with Crippen molar-refractivity contribution >= 4 is 34.2 Å². The molecule has 5 nitrogen and oxygen atoms in total. The smallest absolute Gasteiger partial charge is 0.228 e. The molecule has 0 N–H and O–H groups in total. The zero-order valence-electron chi connectivity index (χ0n) is 12.7. The van der Waals surface area contributed by atoms with Crippen LogP contribution in [0, 0.1) is 0 Å². The van der Waals surface area contributed by atoms with Gasteiger partial charge in [0.25, 0.3) is 0 Å². The van der Waals surface area contributed by atoms with E-state index in [4.69, 9.17) is 4.74 Å². The van der Waals surface area contributed by atoms with E-state index in [1.54, 1.807) is 11.8 Å². The largest absolute Gasteiger partial charge is 0.378 e. The van der Waals surface area contributed by atoms with Gasteiger partial charge in [0.05, 0.1) is 13.2 Å². The Morgan fingerprint density at radius 1 is 1.27 bits per heavy atom. The predicted octanol–water partition coefficient (Wildman–Crippen LogP) is 1.91. The van der Waals surface area contributed by atoms with E-state index in [-0.39, 0.29) is 16.3 Å². The minimum Gasteiger partial charge on any atom is -0.378 e. The summed E-state index contributed by atoms with van der Waals surface area (Å²) < 4.78 is 5.38. The lowest BCUT2D eigenvalue weighted by molar-refractivity contribution is -0.117. The highest BCUT2D eigenvalue weighted by atomic mass is 32.2. The van der Waals surface area contributed by atoms with Gasteiger partial charge in [-0.3, -0.25) is 9.59 Å². The minimum absolute atomic E-state index is 0.0667. The van der Waals surface area contributed by atoms with Crippen LogP contribution in [0.15, 0.2) is 24.3 Å². The van der Waals surface area contributed by atoms with Crippen LogP contribution in [0.4, 0.5) is 11.4 Å². The first-order valence-electron chi connectivity index (χ1n) is 7.54. The van der Waals surface area contributed by atoms with Gasteiger partial charge in [-0.15, -0.1) is 0 Å². The van der Waals surface area contributed by atoms with Crippen molar-refractivity contribution in [3.63, 3.8) is 0 Å². The summed E-state index contributed by atoms with van der Waals surface area (Å²) in [5.74, 6) is 0.0953. The lowest BCUT2D eigenvalue weighted by atomic mass is 10.2. The van der Waals surface area contributed by atoms with Crippen molar-refractivity contribution in [2.24, 2.45) is 0 Å². The average molecular weight is 320 g/mol. The first-order valence-corrected chi connectivity index (χ1v) is 8.42. The molecule has 0 saturated carbocycles. The molecule has 0 aliphatic carbocycles. The molecule has 2 saturated heterocycles. The number of benzene rings is 1. The lowest BCUT2D eigenvalue weighted by Crippen LogP contribution is -2.36. The summed E-state index contributed by atoms with van der Waals surface area (Å²) in [7, 11) is 0. The van der Waals surface area contributed by atoms with Gasteiger partial charge < -0.3 is 14.5 Å². The monoisotopic (exact) mass is 320 g/mol. The molecule has 2 aliphatic heterocycles. The maximum Gasteiger partial charge on any atom is 0.228 e. The molecular weight excluding hydrogens is 300 g/mol. The number of anilines is 2. The molecule has 22 heavy (non-hydrogen) atoms. The number of amides is 1. The first kappa shape index (κ1) is 15.4. The number of nitrogens with zero attached hydrogens (tertiary/aromatic N) is 2. The van der Waals surface area contributed by atoms with Crippen LogP contribution in [-0.4, -0.2) is 49.1 Å². The van der Waals surface area contributed by atoms with Crippen LogP contribution in [-0.2, 0) is 14.3 Å². The highest BCUT2D eigenvalue weighted by Gasteiger charge is 2.32.